The van der Waals surface area contributed by atoms with Crippen molar-refractivity contribution in [3.8, 4) is 11.5 Å². The number of rotatable bonds is 9. The first-order valence-corrected chi connectivity index (χ1v) is 10.00. The quantitative estimate of drug-likeness (QED) is 0.218. The Balaban J connectivity index is 1.91. The summed E-state index contributed by atoms with van der Waals surface area (Å²) in [6.07, 6.45) is 0. The number of nitrogens with zero attached hydrogens (tertiary/aromatic N) is 1. The van der Waals surface area contributed by atoms with Crippen molar-refractivity contribution in [1.82, 2.24) is 0 Å². The van der Waals surface area contributed by atoms with Gasteiger partial charge in [0.15, 0.2) is 5.50 Å². The minimum absolute atomic E-state index is 0.179. The molecule has 0 saturated heterocycles. The smallest absolute Gasteiger partial charge is 0.194 e. The van der Waals surface area contributed by atoms with Crippen molar-refractivity contribution < 1.29 is 9.47 Å². The molecular weight excluding hydrogens is 386 g/mol. The molecule has 3 rings (SSSR count). The SMILES string of the molecule is CC(C)c1cc(C(Cl)N=O)c(OCc2ccccc2)cc1OCc1ccccc1. The fraction of sp³-hybridized carbons (Fsp3) is 0.250. The van der Waals surface area contributed by atoms with Crippen molar-refractivity contribution >= 4 is 11.6 Å². The van der Waals surface area contributed by atoms with Crippen molar-refractivity contribution in [2.75, 3.05) is 0 Å². The average Bonchev–Trinajstić information content (AvgIpc) is 2.76. The van der Waals surface area contributed by atoms with E-state index < -0.39 is 5.50 Å². The van der Waals surface area contributed by atoms with Gasteiger partial charge in [0.05, 0.1) is 0 Å². The van der Waals surface area contributed by atoms with Gasteiger partial charge < -0.3 is 9.47 Å². The zero-order valence-electron chi connectivity index (χ0n) is 16.5. The molecule has 0 radical (unpaired) electrons. The van der Waals surface area contributed by atoms with Crippen LogP contribution in [0.1, 0.15) is 47.5 Å². The molecule has 3 aromatic rings. The van der Waals surface area contributed by atoms with Crippen LogP contribution in [0.2, 0.25) is 0 Å². The summed E-state index contributed by atoms with van der Waals surface area (Å²) >= 11 is 6.18. The maximum Gasteiger partial charge on any atom is 0.194 e. The van der Waals surface area contributed by atoms with E-state index >= 15 is 0 Å². The molecule has 0 spiro atoms. The number of hydrogen-bond donors (Lipinski definition) is 0. The zero-order valence-corrected chi connectivity index (χ0v) is 17.3. The molecule has 0 N–H and O–H groups in total. The normalized spacial score (nSPS) is 11.9. The summed E-state index contributed by atoms with van der Waals surface area (Å²) in [5.41, 5.74) is 2.57. The van der Waals surface area contributed by atoms with E-state index in [-0.39, 0.29) is 5.92 Å². The van der Waals surface area contributed by atoms with Crippen molar-refractivity contribution in [3.05, 3.63) is 100.0 Å². The number of hydrogen-bond acceptors (Lipinski definition) is 4. The molecule has 150 valence electrons. The van der Waals surface area contributed by atoms with Crippen LogP contribution in [-0.2, 0) is 13.2 Å². The zero-order chi connectivity index (χ0) is 20.6. The van der Waals surface area contributed by atoms with Crippen molar-refractivity contribution in [1.29, 1.82) is 0 Å². The molecule has 29 heavy (non-hydrogen) atoms. The van der Waals surface area contributed by atoms with Gasteiger partial charge in [0.2, 0.25) is 0 Å². The van der Waals surface area contributed by atoms with Crippen LogP contribution in [0.3, 0.4) is 0 Å². The van der Waals surface area contributed by atoms with Crippen molar-refractivity contribution in [2.24, 2.45) is 5.18 Å². The lowest BCUT2D eigenvalue weighted by Crippen LogP contribution is -2.05. The van der Waals surface area contributed by atoms with Gasteiger partial charge in [-0.3, -0.25) is 0 Å². The van der Waals surface area contributed by atoms with E-state index in [1.165, 1.54) is 0 Å². The minimum atomic E-state index is -1.03. The molecule has 0 aliphatic carbocycles. The molecule has 0 fully saturated rings. The van der Waals surface area contributed by atoms with Crippen LogP contribution < -0.4 is 9.47 Å². The highest BCUT2D eigenvalue weighted by Gasteiger charge is 2.20. The number of benzene rings is 3. The lowest BCUT2D eigenvalue weighted by atomic mass is 9.98. The molecule has 0 aromatic heterocycles. The largest absolute Gasteiger partial charge is 0.488 e. The molecule has 0 aliphatic rings. The third kappa shape index (κ3) is 5.58. The number of nitroso groups, excluding NO2 is 1. The highest BCUT2D eigenvalue weighted by atomic mass is 35.5. The first-order valence-electron chi connectivity index (χ1n) is 9.56. The van der Waals surface area contributed by atoms with E-state index in [1.807, 2.05) is 72.8 Å². The minimum Gasteiger partial charge on any atom is -0.488 e. The van der Waals surface area contributed by atoms with Crippen molar-refractivity contribution in [2.45, 2.75) is 38.5 Å². The molecule has 4 nitrogen and oxygen atoms in total. The summed E-state index contributed by atoms with van der Waals surface area (Å²) in [4.78, 5) is 11.1. The highest BCUT2D eigenvalue weighted by Crippen LogP contribution is 2.39. The van der Waals surface area contributed by atoms with Gasteiger partial charge in [-0.25, -0.2) is 0 Å². The van der Waals surface area contributed by atoms with E-state index in [1.54, 1.807) is 0 Å². The predicted octanol–water partition coefficient (Wildman–Crippen LogP) is 6.97. The fourth-order valence-corrected chi connectivity index (χ4v) is 3.18. The molecular formula is C24H24ClNO3. The average molecular weight is 410 g/mol. The van der Waals surface area contributed by atoms with Crippen LogP contribution in [0.25, 0.3) is 0 Å². The monoisotopic (exact) mass is 409 g/mol. The van der Waals surface area contributed by atoms with Gasteiger partial charge >= 0.3 is 0 Å². The molecule has 0 saturated carbocycles. The Hall–Kier alpha value is -2.85. The standard InChI is InChI=1S/C24H24ClNO3/c1-17(2)20-13-21(24(25)26-27)23(29-16-19-11-7-4-8-12-19)14-22(20)28-15-18-9-5-3-6-10-18/h3-14,17,24H,15-16H2,1-2H3. The van der Waals surface area contributed by atoms with Gasteiger partial charge in [-0.15, -0.1) is 4.91 Å². The van der Waals surface area contributed by atoms with E-state index in [0.29, 0.717) is 30.3 Å². The highest BCUT2D eigenvalue weighted by molar-refractivity contribution is 6.20. The molecule has 0 bridgehead atoms. The molecule has 3 aromatic carbocycles. The molecule has 0 heterocycles. The van der Waals surface area contributed by atoms with Crippen LogP contribution in [-0.4, -0.2) is 0 Å². The second-order valence-electron chi connectivity index (χ2n) is 7.07. The fourth-order valence-electron chi connectivity index (χ4n) is 3.01. The van der Waals surface area contributed by atoms with Crippen LogP contribution in [0, 0.1) is 4.91 Å². The summed E-state index contributed by atoms with van der Waals surface area (Å²) in [5.74, 6) is 1.39. The summed E-state index contributed by atoms with van der Waals surface area (Å²) in [7, 11) is 0. The number of ether oxygens (including phenoxy) is 2. The van der Waals surface area contributed by atoms with Gasteiger partial charge in [-0.2, -0.15) is 0 Å². The summed E-state index contributed by atoms with van der Waals surface area (Å²) in [5, 5.41) is 2.99. The van der Waals surface area contributed by atoms with Crippen LogP contribution >= 0.6 is 11.6 Å². The Morgan fingerprint density at radius 2 is 1.28 bits per heavy atom. The van der Waals surface area contributed by atoms with E-state index in [0.717, 1.165) is 16.7 Å². The van der Waals surface area contributed by atoms with Gasteiger partial charge in [0.1, 0.15) is 24.7 Å². The Bertz CT molecular complexity index is 930. The Morgan fingerprint density at radius 3 is 1.72 bits per heavy atom. The second kappa shape index (κ2) is 10.1. The van der Waals surface area contributed by atoms with Gasteiger partial charge in [0.25, 0.3) is 0 Å². The Labute approximate surface area is 176 Å². The van der Waals surface area contributed by atoms with Crippen LogP contribution in [0.5, 0.6) is 11.5 Å². The topological polar surface area (TPSA) is 47.9 Å². The summed E-state index contributed by atoms with van der Waals surface area (Å²) < 4.78 is 12.1. The van der Waals surface area contributed by atoms with Gasteiger partial charge in [-0.05, 0) is 33.9 Å². The Kier molecular flexibility index (Phi) is 7.25. The van der Waals surface area contributed by atoms with E-state index in [9.17, 15) is 4.91 Å². The molecule has 5 heteroatoms. The number of halogens is 1. The number of alkyl halides is 1. The molecule has 1 atom stereocenters. The van der Waals surface area contributed by atoms with Crippen LogP contribution in [0.4, 0.5) is 0 Å². The first-order chi connectivity index (χ1) is 14.1. The third-order valence-electron chi connectivity index (χ3n) is 4.59. The van der Waals surface area contributed by atoms with E-state index in [2.05, 4.69) is 19.0 Å². The Morgan fingerprint density at radius 1 is 0.793 bits per heavy atom. The van der Waals surface area contributed by atoms with Crippen molar-refractivity contribution in [3.63, 3.8) is 0 Å². The maximum absolute atomic E-state index is 11.1. The summed E-state index contributed by atoms with van der Waals surface area (Å²) in [6.45, 7) is 4.93. The van der Waals surface area contributed by atoms with Crippen LogP contribution in [0.15, 0.2) is 78.0 Å². The predicted molar refractivity (Wildman–Crippen MR) is 116 cm³/mol. The van der Waals surface area contributed by atoms with E-state index in [4.69, 9.17) is 21.1 Å². The molecule has 0 amide bonds. The first kappa shape index (κ1) is 20.9. The summed E-state index contributed by atoms with van der Waals surface area (Å²) in [6, 6.07) is 23.5. The molecule has 0 aliphatic heterocycles. The van der Waals surface area contributed by atoms with Gasteiger partial charge in [0, 0.05) is 11.6 Å². The third-order valence-corrected chi connectivity index (χ3v) is 4.90. The van der Waals surface area contributed by atoms with Gasteiger partial charge in [-0.1, -0.05) is 86.1 Å². The lowest BCUT2D eigenvalue weighted by molar-refractivity contribution is 0.285. The lowest BCUT2D eigenvalue weighted by Gasteiger charge is -2.20. The maximum atomic E-state index is 11.1. The second-order valence-corrected chi connectivity index (χ2v) is 7.49. The molecule has 1 unspecified atom stereocenters.